The Morgan fingerprint density at radius 2 is 2.62 bits per heavy atom. The molecule has 0 saturated carbocycles. The van der Waals surface area contributed by atoms with Crippen LogP contribution in [0.1, 0.15) is 6.42 Å². The van der Waals surface area contributed by atoms with E-state index in [1.165, 1.54) is 6.26 Å². The minimum absolute atomic E-state index is 0.400. The van der Waals surface area contributed by atoms with Crippen LogP contribution in [-0.2, 0) is 9.53 Å². The van der Waals surface area contributed by atoms with Gasteiger partial charge in [0.05, 0.1) is 12.9 Å². The number of carbonyl (C=O) groups is 1. The lowest BCUT2D eigenvalue weighted by Crippen LogP contribution is -1.88. The molecule has 0 aromatic heterocycles. The third kappa shape index (κ3) is 1.01. The first-order chi connectivity index (χ1) is 3.80. The quantitative estimate of drug-likeness (QED) is 0.499. The number of hydrogen-bond donors (Lipinski definition) is 0. The maximum atomic E-state index is 10.3. The van der Waals surface area contributed by atoms with Crippen LogP contribution in [0, 0.1) is 0 Å². The smallest absolute Gasteiger partial charge is 0.251 e. The maximum Gasteiger partial charge on any atom is 0.251 e. The molecule has 0 spiro atoms. The fourth-order valence-corrected chi connectivity index (χ4v) is 0.671. The molecular weight excluding hydrogens is 128 g/mol. The number of carbonyl (C=O) groups excluding carboxylic acids is 1. The van der Waals surface area contributed by atoms with Gasteiger partial charge in [0.15, 0.2) is 0 Å². The molecule has 3 heteroatoms. The Labute approximate surface area is 52.1 Å². The van der Waals surface area contributed by atoms with Crippen LogP contribution in [-0.4, -0.2) is 11.8 Å². The van der Waals surface area contributed by atoms with E-state index in [0.717, 1.165) is 0 Å². The lowest BCUT2D eigenvalue weighted by atomic mass is 10.3. The van der Waals surface area contributed by atoms with Crippen LogP contribution < -0.4 is 0 Å². The van der Waals surface area contributed by atoms with Crippen molar-refractivity contribution >= 4 is 16.8 Å². The van der Waals surface area contributed by atoms with Gasteiger partial charge in [0.2, 0.25) is 0 Å². The Balaban J connectivity index is 2.57. The average Bonchev–Trinajstić information content (AvgIpc) is 2.12. The summed E-state index contributed by atoms with van der Waals surface area (Å²) in [4.78, 5) is 10.3. The summed E-state index contributed by atoms with van der Waals surface area (Å²) in [5, 5.41) is -0.400. The normalized spacial score (nSPS) is 17.4. The molecule has 2 nitrogen and oxygen atoms in total. The Morgan fingerprint density at radius 1 is 1.88 bits per heavy atom. The summed E-state index contributed by atoms with van der Waals surface area (Å²) in [6.07, 6.45) is 2.07. The van der Waals surface area contributed by atoms with E-state index in [0.29, 0.717) is 18.6 Å². The van der Waals surface area contributed by atoms with E-state index in [1.54, 1.807) is 0 Å². The number of ether oxygens (including phenoxy) is 1. The predicted octanol–water partition coefficient (Wildman–Crippen LogP) is 1.06. The van der Waals surface area contributed by atoms with Gasteiger partial charge >= 0.3 is 0 Å². The molecular formula is C5H5ClO2. The minimum Gasteiger partial charge on any atom is -0.500 e. The van der Waals surface area contributed by atoms with Gasteiger partial charge in [-0.2, -0.15) is 0 Å². The highest BCUT2D eigenvalue weighted by molar-refractivity contribution is 6.67. The highest BCUT2D eigenvalue weighted by atomic mass is 35.5. The van der Waals surface area contributed by atoms with Crippen LogP contribution in [0.25, 0.3) is 0 Å². The fourth-order valence-electron chi connectivity index (χ4n) is 0.532. The largest absolute Gasteiger partial charge is 0.500 e. The van der Waals surface area contributed by atoms with Gasteiger partial charge in [-0.15, -0.1) is 0 Å². The molecule has 0 bridgehead atoms. The van der Waals surface area contributed by atoms with E-state index in [9.17, 15) is 4.79 Å². The first kappa shape index (κ1) is 5.63. The van der Waals surface area contributed by atoms with Crippen molar-refractivity contribution in [2.24, 2.45) is 0 Å². The summed E-state index contributed by atoms with van der Waals surface area (Å²) in [6.45, 7) is 0.591. The van der Waals surface area contributed by atoms with Crippen molar-refractivity contribution in [3.8, 4) is 0 Å². The Kier molecular flexibility index (Phi) is 1.53. The Hall–Kier alpha value is -0.500. The first-order valence-electron chi connectivity index (χ1n) is 2.31. The SMILES string of the molecule is O=C(Cl)C1=COCC1. The molecule has 0 unspecified atom stereocenters. The van der Waals surface area contributed by atoms with Crippen molar-refractivity contribution in [2.75, 3.05) is 6.61 Å². The zero-order valence-electron chi connectivity index (χ0n) is 4.19. The fraction of sp³-hybridized carbons (Fsp3) is 0.400. The second-order valence-corrected chi connectivity index (χ2v) is 1.88. The topological polar surface area (TPSA) is 26.3 Å². The standard InChI is InChI=1S/C5H5ClO2/c6-5(7)4-1-2-8-3-4/h3H,1-2H2. The second kappa shape index (κ2) is 2.18. The average molecular weight is 133 g/mol. The summed E-state index contributed by atoms with van der Waals surface area (Å²) < 4.78 is 4.75. The van der Waals surface area contributed by atoms with Gasteiger partial charge < -0.3 is 4.74 Å². The lowest BCUT2D eigenvalue weighted by molar-refractivity contribution is -0.108. The highest BCUT2D eigenvalue weighted by Gasteiger charge is 2.10. The van der Waals surface area contributed by atoms with Gasteiger partial charge in [0.1, 0.15) is 0 Å². The minimum atomic E-state index is -0.400. The first-order valence-corrected chi connectivity index (χ1v) is 2.69. The van der Waals surface area contributed by atoms with Gasteiger partial charge in [-0.1, -0.05) is 0 Å². The van der Waals surface area contributed by atoms with Crippen molar-refractivity contribution in [1.29, 1.82) is 0 Å². The number of halogens is 1. The third-order valence-electron chi connectivity index (χ3n) is 0.967. The summed E-state index contributed by atoms with van der Waals surface area (Å²) in [5.74, 6) is 0. The van der Waals surface area contributed by atoms with Crippen molar-refractivity contribution < 1.29 is 9.53 Å². The number of rotatable bonds is 1. The van der Waals surface area contributed by atoms with Crippen molar-refractivity contribution in [3.63, 3.8) is 0 Å². The van der Waals surface area contributed by atoms with Gasteiger partial charge in [-0.05, 0) is 11.6 Å². The Bertz CT molecular complexity index is 139. The van der Waals surface area contributed by atoms with Crippen LogP contribution in [0.15, 0.2) is 11.8 Å². The van der Waals surface area contributed by atoms with Crippen molar-refractivity contribution in [3.05, 3.63) is 11.8 Å². The molecule has 0 atom stereocenters. The molecule has 0 aromatic rings. The molecule has 1 aliphatic rings. The van der Waals surface area contributed by atoms with Crippen LogP contribution >= 0.6 is 11.6 Å². The van der Waals surface area contributed by atoms with E-state index in [1.807, 2.05) is 0 Å². The molecule has 1 rings (SSSR count). The third-order valence-corrected chi connectivity index (χ3v) is 1.21. The van der Waals surface area contributed by atoms with E-state index in [4.69, 9.17) is 16.3 Å². The van der Waals surface area contributed by atoms with E-state index in [2.05, 4.69) is 0 Å². The van der Waals surface area contributed by atoms with Gasteiger partial charge in [-0.25, -0.2) is 0 Å². The summed E-state index contributed by atoms with van der Waals surface area (Å²) in [5.41, 5.74) is 0.576. The molecule has 0 aliphatic carbocycles. The van der Waals surface area contributed by atoms with Crippen molar-refractivity contribution in [2.45, 2.75) is 6.42 Å². The lowest BCUT2D eigenvalue weighted by Gasteiger charge is -1.82. The molecule has 8 heavy (non-hydrogen) atoms. The molecule has 44 valence electrons. The van der Waals surface area contributed by atoms with E-state index in [-0.39, 0.29) is 0 Å². The zero-order chi connectivity index (χ0) is 5.98. The monoisotopic (exact) mass is 132 g/mol. The Morgan fingerprint density at radius 3 is 2.88 bits per heavy atom. The molecule has 0 saturated heterocycles. The number of hydrogen-bond acceptors (Lipinski definition) is 2. The second-order valence-electron chi connectivity index (χ2n) is 1.54. The summed E-state index contributed by atoms with van der Waals surface area (Å²) in [6, 6.07) is 0. The van der Waals surface area contributed by atoms with Gasteiger partial charge in [0, 0.05) is 12.0 Å². The molecule has 0 aromatic carbocycles. The molecule has 0 fully saturated rings. The molecule has 0 amide bonds. The van der Waals surface area contributed by atoms with Crippen LogP contribution in [0.5, 0.6) is 0 Å². The molecule has 1 aliphatic heterocycles. The summed E-state index contributed by atoms with van der Waals surface area (Å²) in [7, 11) is 0. The van der Waals surface area contributed by atoms with Crippen LogP contribution in [0.4, 0.5) is 0 Å². The van der Waals surface area contributed by atoms with Gasteiger partial charge in [-0.3, -0.25) is 4.79 Å². The van der Waals surface area contributed by atoms with Crippen LogP contribution in [0.2, 0.25) is 0 Å². The van der Waals surface area contributed by atoms with Crippen LogP contribution in [0.3, 0.4) is 0 Å². The van der Waals surface area contributed by atoms with E-state index < -0.39 is 5.24 Å². The molecule has 1 heterocycles. The van der Waals surface area contributed by atoms with E-state index >= 15 is 0 Å². The van der Waals surface area contributed by atoms with Crippen molar-refractivity contribution in [1.82, 2.24) is 0 Å². The molecule has 0 N–H and O–H groups in total. The summed E-state index contributed by atoms with van der Waals surface area (Å²) >= 11 is 5.10. The highest BCUT2D eigenvalue weighted by Crippen LogP contribution is 2.12. The predicted molar refractivity (Wildman–Crippen MR) is 29.5 cm³/mol. The molecule has 0 radical (unpaired) electrons. The zero-order valence-corrected chi connectivity index (χ0v) is 4.94. The van der Waals surface area contributed by atoms with Gasteiger partial charge in [0.25, 0.3) is 5.24 Å². The maximum absolute atomic E-state index is 10.3.